The summed E-state index contributed by atoms with van der Waals surface area (Å²) in [6.45, 7) is 4.32. The highest BCUT2D eigenvalue weighted by molar-refractivity contribution is 5.71. The minimum Gasteiger partial charge on any atom is -0.490 e. The smallest absolute Gasteiger partial charge is 0.142 e. The van der Waals surface area contributed by atoms with Gasteiger partial charge in [0, 0.05) is 18.5 Å². The molecule has 0 spiro atoms. The molecule has 17 heavy (non-hydrogen) atoms. The number of hydrogen-bond donors (Lipinski definition) is 0. The van der Waals surface area contributed by atoms with E-state index < -0.39 is 0 Å². The number of ether oxygens (including phenoxy) is 1. The number of benzene rings is 1. The quantitative estimate of drug-likeness (QED) is 0.674. The van der Waals surface area contributed by atoms with Crippen LogP contribution in [0.1, 0.15) is 17.9 Å². The Morgan fingerprint density at radius 2 is 2.24 bits per heavy atom. The van der Waals surface area contributed by atoms with Gasteiger partial charge in [-0.15, -0.1) is 0 Å². The molecule has 0 bridgehead atoms. The lowest BCUT2D eigenvalue weighted by Crippen LogP contribution is -2.46. The third-order valence-electron chi connectivity index (χ3n) is 4.49. The summed E-state index contributed by atoms with van der Waals surface area (Å²) in [7, 11) is 2.23. The van der Waals surface area contributed by atoms with Crippen molar-refractivity contribution in [3.63, 3.8) is 0 Å². The van der Waals surface area contributed by atoms with E-state index in [-0.39, 0.29) is 0 Å². The highest BCUT2D eigenvalue weighted by Gasteiger charge is 2.43. The summed E-state index contributed by atoms with van der Waals surface area (Å²) >= 11 is 0. The molecule has 3 nitrogen and oxygen atoms in total. The minimum absolute atomic E-state index is 0.686. The number of likely N-dealkylation sites (tertiary alicyclic amines) is 1. The molecule has 0 amide bonds. The lowest BCUT2D eigenvalue weighted by molar-refractivity contribution is 0.224. The van der Waals surface area contributed by atoms with Crippen molar-refractivity contribution in [3.05, 3.63) is 23.8 Å². The van der Waals surface area contributed by atoms with Crippen molar-refractivity contribution in [3.8, 4) is 5.75 Å². The summed E-state index contributed by atoms with van der Waals surface area (Å²) in [5.41, 5.74) is 2.91. The van der Waals surface area contributed by atoms with Crippen LogP contribution in [0.25, 0.3) is 0 Å². The minimum atomic E-state index is 0.686. The number of piperidine rings is 1. The Labute approximate surface area is 102 Å². The van der Waals surface area contributed by atoms with Crippen LogP contribution in [0.2, 0.25) is 0 Å². The Hall–Kier alpha value is -1.22. The normalized spacial score (nSPS) is 30.8. The third-order valence-corrected chi connectivity index (χ3v) is 4.49. The van der Waals surface area contributed by atoms with Crippen LogP contribution in [0.4, 0.5) is 5.69 Å². The topological polar surface area (TPSA) is 15.7 Å². The molecule has 0 saturated carbocycles. The van der Waals surface area contributed by atoms with E-state index in [0.29, 0.717) is 12.0 Å². The molecular weight excluding hydrogens is 212 g/mol. The molecule has 0 N–H and O–H groups in total. The van der Waals surface area contributed by atoms with Crippen molar-refractivity contribution in [1.29, 1.82) is 0 Å². The number of fused-ring (bicyclic) bond motifs is 3. The van der Waals surface area contributed by atoms with Crippen LogP contribution < -0.4 is 9.64 Å². The Morgan fingerprint density at radius 3 is 3.18 bits per heavy atom. The summed E-state index contributed by atoms with van der Waals surface area (Å²) in [5, 5.41) is 0. The summed E-state index contributed by atoms with van der Waals surface area (Å²) in [5.74, 6) is 1.79. The lowest BCUT2D eigenvalue weighted by atomic mass is 9.89. The van der Waals surface area contributed by atoms with E-state index in [2.05, 4.69) is 35.0 Å². The Balaban J connectivity index is 1.85. The van der Waals surface area contributed by atoms with E-state index in [9.17, 15) is 0 Å². The highest BCUT2D eigenvalue weighted by atomic mass is 16.5. The van der Waals surface area contributed by atoms with Gasteiger partial charge in [-0.25, -0.2) is 0 Å². The maximum atomic E-state index is 5.79. The van der Waals surface area contributed by atoms with Gasteiger partial charge in [0.25, 0.3) is 0 Å². The molecule has 0 aliphatic carbocycles. The average molecular weight is 230 g/mol. The predicted molar refractivity (Wildman–Crippen MR) is 67.9 cm³/mol. The largest absolute Gasteiger partial charge is 0.490 e. The zero-order chi connectivity index (χ0) is 11.4. The molecule has 3 heteroatoms. The van der Waals surface area contributed by atoms with Crippen LogP contribution in [-0.4, -0.2) is 44.2 Å². The molecular formula is C14H18N2O. The van der Waals surface area contributed by atoms with Crippen LogP contribution in [0.5, 0.6) is 5.75 Å². The first kappa shape index (κ1) is 9.77. The van der Waals surface area contributed by atoms with Gasteiger partial charge in [-0.1, -0.05) is 12.1 Å². The first-order valence-electron chi connectivity index (χ1n) is 6.55. The molecule has 90 valence electrons. The van der Waals surface area contributed by atoms with Gasteiger partial charge in [0.2, 0.25) is 0 Å². The van der Waals surface area contributed by atoms with E-state index in [0.717, 1.165) is 18.9 Å². The first-order chi connectivity index (χ1) is 8.34. The maximum Gasteiger partial charge on any atom is 0.142 e. The molecule has 3 aliphatic rings. The van der Waals surface area contributed by atoms with Crippen LogP contribution in [0.3, 0.4) is 0 Å². The number of para-hydroxylation sites is 1. The van der Waals surface area contributed by atoms with Gasteiger partial charge in [-0.3, -0.25) is 0 Å². The Bertz CT molecular complexity index is 460. The van der Waals surface area contributed by atoms with E-state index in [1.165, 1.54) is 30.8 Å². The van der Waals surface area contributed by atoms with E-state index >= 15 is 0 Å². The molecule has 1 aromatic carbocycles. The number of rotatable bonds is 0. The molecule has 2 atom stereocenters. The summed E-state index contributed by atoms with van der Waals surface area (Å²) in [4.78, 5) is 5.06. The lowest BCUT2D eigenvalue weighted by Gasteiger charge is -2.38. The molecule has 0 aromatic heterocycles. The van der Waals surface area contributed by atoms with Crippen LogP contribution in [0, 0.1) is 0 Å². The standard InChI is InChI=1S/C14H18N2O/c1-15-6-5-12-11(9-15)10-3-2-4-13-14(10)16(12)7-8-17-13/h2-4,11-12H,5-9H2,1H3/t11-,12-/m0/s1. The van der Waals surface area contributed by atoms with Crippen molar-refractivity contribution in [2.75, 3.05) is 38.2 Å². The second kappa shape index (κ2) is 3.39. The zero-order valence-corrected chi connectivity index (χ0v) is 10.2. The van der Waals surface area contributed by atoms with Crippen molar-refractivity contribution in [2.45, 2.75) is 18.4 Å². The number of likely N-dealkylation sites (N-methyl/N-ethyl adjacent to an activating group) is 1. The van der Waals surface area contributed by atoms with Gasteiger partial charge < -0.3 is 14.5 Å². The van der Waals surface area contributed by atoms with Gasteiger partial charge >= 0.3 is 0 Å². The number of hydrogen-bond acceptors (Lipinski definition) is 3. The van der Waals surface area contributed by atoms with Crippen molar-refractivity contribution in [2.24, 2.45) is 0 Å². The molecule has 1 saturated heterocycles. The molecule has 3 heterocycles. The second-order valence-corrected chi connectivity index (χ2v) is 5.46. The molecule has 1 fully saturated rings. The molecule has 4 rings (SSSR count). The maximum absolute atomic E-state index is 5.79. The SMILES string of the molecule is CN1CC[C@H]2[C@@H](C1)c1cccc3c1N2CCO3. The van der Waals surface area contributed by atoms with Gasteiger partial charge in [0.15, 0.2) is 0 Å². The van der Waals surface area contributed by atoms with Crippen molar-refractivity contribution in [1.82, 2.24) is 4.90 Å². The van der Waals surface area contributed by atoms with E-state index in [4.69, 9.17) is 4.74 Å². The fraction of sp³-hybridized carbons (Fsp3) is 0.571. The van der Waals surface area contributed by atoms with Crippen LogP contribution in [0.15, 0.2) is 18.2 Å². The van der Waals surface area contributed by atoms with Gasteiger partial charge in [-0.05, 0) is 31.6 Å². The number of anilines is 1. The molecule has 1 aromatic rings. The van der Waals surface area contributed by atoms with E-state index in [1.807, 2.05) is 0 Å². The predicted octanol–water partition coefficient (Wildman–Crippen LogP) is 1.69. The fourth-order valence-electron chi connectivity index (χ4n) is 3.74. The fourth-order valence-corrected chi connectivity index (χ4v) is 3.74. The molecule has 0 radical (unpaired) electrons. The Morgan fingerprint density at radius 1 is 1.29 bits per heavy atom. The zero-order valence-electron chi connectivity index (χ0n) is 10.2. The van der Waals surface area contributed by atoms with Crippen LogP contribution >= 0.6 is 0 Å². The van der Waals surface area contributed by atoms with Crippen molar-refractivity contribution < 1.29 is 4.74 Å². The monoisotopic (exact) mass is 230 g/mol. The van der Waals surface area contributed by atoms with Gasteiger partial charge in [0.1, 0.15) is 12.4 Å². The summed E-state index contributed by atoms with van der Waals surface area (Å²) in [6, 6.07) is 7.27. The summed E-state index contributed by atoms with van der Waals surface area (Å²) in [6.07, 6.45) is 1.29. The molecule has 0 unspecified atom stereocenters. The summed E-state index contributed by atoms with van der Waals surface area (Å²) < 4.78 is 5.79. The van der Waals surface area contributed by atoms with E-state index in [1.54, 1.807) is 0 Å². The second-order valence-electron chi connectivity index (χ2n) is 5.46. The number of nitrogens with zero attached hydrogens (tertiary/aromatic N) is 2. The van der Waals surface area contributed by atoms with Crippen molar-refractivity contribution >= 4 is 5.69 Å². The third kappa shape index (κ3) is 1.26. The Kier molecular flexibility index (Phi) is 1.95. The highest BCUT2D eigenvalue weighted by Crippen LogP contribution is 2.49. The van der Waals surface area contributed by atoms with Gasteiger partial charge in [0.05, 0.1) is 12.2 Å². The van der Waals surface area contributed by atoms with Gasteiger partial charge in [-0.2, -0.15) is 0 Å². The molecule has 3 aliphatic heterocycles. The first-order valence-corrected chi connectivity index (χ1v) is 6.55. The van der Waals surface area contributed by atoms with Crippen LogP contribution in [-0.2, 0) is 0 Å². The average Bonchev–Trinajstić information content (AvgIpc) is 2.67.